The Balaban J connectivity index is 1.97. The lowest BCUT2D eigenvalue weighted by Crippen LogP contribution is -2.02. The van der Waals surface area contributed by atoms with Gasteiger partial charge in [0.15, 0.2) is 0 Å². The standard InChI is InChI=1S/C23H17ClN4O/c1-13-2-3-15-11-19(22(24)27-20(15)10-13)18-12-21(14-4-6-16(29)7-5-14)28-23(26)17(18)8-9-25/h2-7,10-12,29H,8H2,1H3,(H2,26,28). The van der Waals surface area contributed by atoms with Gasteiger partial charge in [0.2, 0.25) is 0 Å². The summed E-state index contributed by atoms with van der Waals surface area (Å²) in [7, 11) is 0. The number of fused-ring (bicyclic) bond motifs is 1. The predicted molar refractivity (Wildman–Crippen MR) is 116 cm³/mol. The molecule has 0 atom stereocenters. The van der Waals surface area contributed by atoms with Gasteiger partial charge >= 0.3 is 0 Å². The Bertz CT molecular complexity index is 1280. The maximum Gasteiger partial charge on any atom is 0.137 e. The van der Waals surface area contributed by atoms with Crippen LogP contribution in [0.15, 0.2) is 54.6 Å². The van der Waals surface area contributed by atoms with Gasteiger partial charge in [0.05, 0.1) is 23.7 Å². The van der Waals surface area contributed by atoms with Crippen molar-refractivity contribution < 1.29 is 5.11 Å². The van der Waals surface area contributed by atoms with Gasteiger partial charge in [0.25, 0.3) is 0 Å². The maximum atomic E-state index is 9.55. The van der Waals surface area contributed by atoms with Gasteiger partial charge < -0.3 is 10.8 Å². The highest BCUT2D eigenvalue weighted by molar-refractivity contribution is 6.32. The van der Waals surface area contributed by atoms with Crippen molar-refractivity contribution in [3.8, 4) is 34.2 Å². The molecular formula is C23H17ClN4O. The number of nitrogens with two attached hydrogens (primary N) is 1. The summed E-state index contributed by atoms with van der Waals surface area (Å²) in [5.41, 5.74) is 11.6. The number of halogens is 1. The van der Waals surface area contributed by atoms with Gasteiger partial charge in [0.1, 0.15) is 16.7 Å². The van der Waals surface area contributed by atoms with E-state index in [-0.39, 0.29) is 18.0 Å². The lowest BCUT2D eigenvalue weighted by Gasteiger charge is -2.14. The lowest BCUT2D eigenvalue weighted by atomic mass is 9.96. The first-order chi connectivity index (χ1) is 14.0. The van der Waals surface area contributed by atoms with Crippen LogP contribution in [0.4, 0.5) is 5.82 Å². The van der Waals surface area contributed by atoms with Crippen LogP contribution in [0.2, 0.25) is 5.15 Å². The highest BCUT2D eigenvalue weighted by Gasteiger charge is 2.17. The average molecular weight is 401 g/mol. The zero-order valence-corrected chi connectivity index (χ0v) is 16.4. The number of phenolic OH excluding ortho intramolecular Hbond substituents is 1. The first kappa shape index (κ1) is 18.7. The molecule has 0 spiro atoms. The van der Waals surface area contributed by atoms with Crippen molar-refractivity contribution >= 4 is 28.3 Å². The van der Waals surface area contributed by atoms with Crippen LogP contribution in [-0.4, -0.2) is 15.1 Å². The van der Waals surface area contributed by atoms with E-state index in [2.05, 4.69) is 16.0 Å². The number of nitriles is 1. The van der Waals surface area contributed by atoms with Crippen LogP contribution >= 0.6 is 11.6 Å². The molecule has 2 heterocycles. The number of aromatic hydroxyl groups is 1. The first-order valence-corrected chi connectivity index (χ1v) is 9.37. The molecule has 29 heavy (non-hydrogen) atoms. The third-order valence-electron chi connectivity index (χ3n) is 4.79. The number of anilines is 1. The molecule has 0 fully saturated rings. The second kappa shape index (κ2) is 7.42. The fourth-order valence-corrected chi connectivity index (χ4v) is 3.57. The number of aromatic nitrogens is 2. The first-order valence-electron chi connectivity index (χ1n) is 8.99. The normalized spacial score (nSPS) is 10.8. The van der Waals surface area contributed by atoms with Crippen LogP contribution in [0.3, 0.4) is 0 Å². The number of aryl methyl sites for hydroxylation is 1. The minimum absolute atomic E-state index is 0.103. The number of pyridine rings is 2. The number of rotatable bonds is 3. The molecular weight excluding hydrogens is 384 g/mol. The molecule has 0 saturated carbocycles. The lowest BCUT2D eigenvalue weighted by molar-refractivity contribution is 0.475. The third kappa shape index (κ3) is 3.58. The van der Waals surface area contributed by atoms with Gasteiger partial charge in [-0.25, -0.2) is 9.97 Å². The topological polar surface area (TPSA) is 95.8 Å². The van der Waals surface area contributed by atoms with Crippen molar-refractivity contribution in [2.24, 2.45) is 0 Å². The summed E-state index contributed by atoms with van der Waals surface area (Å²) in [6, 6.07) is 18.6. The number of hydrogen-bond donors (Lipinski definition) is 2. The number of nitrogens with zero attached hydrogens (tertiary/aromatic N) is 3. The minimum Gasteiger partial charge on any atom is -0.508 e. The van der Waals surface area contributed by atoms with Crippen LogP contribution in [0.1, 0.15) is 11.1 Å². The van der Waals surface area contributed by atoms with Crippen LogP contribution in [-0.2, 0) is 6.42 Å². The summed E-state index contributed by atoms with van der Waals surface area (Å²) in [6.45, 7) is 2.00. The Labute approximate surface area is 173 Å². The smallest absolute Gasteiger partial charge is 0.137 e. The third-order valence-corrected chi connectivity index (χ3v) is 5.08. The number of hydrogen-bond acceptors (Lipinski definition) is 5. The molecule has 0 bridgehead atoms. The Hall–Kier alpha value is -3.62. The van der Waals surface area contributed by atoms with E-state index >= 15 is 0 Å². The van der Waals surface area contributed by atoms with E-state index in [1.54, 1.807) is 24.3 Å². The van der Waals surface area contributed by atoms with Crippen molar-refractivity contribution in [2.45, 2.75) is 13.3 Å². The molecule has 0 aliphatic heterocycles. The molecule has 5 nitrogen and oxygen atoms in total. The van der Waals surface area contributed by atoms with Gasteiger partial charge in [0, 0.05) is 22.1 Å². The Morgan fingerprint density at radius 2 is 1.79 bits per heavy atom. The summed E-state index contributed by atoms with van der Waals surface area (Å²) in [5.74, 6) is 0.437. The summed E-state index contributed by atoms with van der Waals surface area (Å²) in [5, 5.41) is 20.1. The second-order valence-corrected chi connectivity index (χ2v) is 7.18. The van der Waals surface area contributed by atoms with Gasteiger partial charge in [-0.1, -0.05) is 23.7 Å². The van der Waals surface area contributed by atoms with Gasteiger partial charge in [-0.15, -0.1) is 0 Å². The van der Waals surface area contributed by atoms with Crippen molar-refractivity contribution in [3.05, 3.63) is 70.9 Å². The molecule has 0 aliphatic carbocycles. The zero-order chi connectivity index (χ0) is 20.5. The van der Waals surface area contributed by atoms with E-state index in [9.17, 15) is 10.4 Å². The van der Waals surface area contributed by atoms with Gasteiger partial charge in [-0.2, -0.15) is 5.26 Å². The summed E-state index contributed by atoms with van der Waals surface area (Å²) >= 11 is 6.55. The summed E-state index contributed by atoms with van der Waals surface area (Å²) < 4.78 is 0. The Morgan fingerprint density at radius 1 is 1.03 bits per heavy atom. The van der Waals surface area contributed by atoms with Crippen molar-refractivity contribution in [3.63, 3.8) is 0 Å². The van der Waals surface area contributed by atoms with E-state index in [4.69, 9.17) is 17.3 Å². The largest absolute Gasteiger partial charge is 0.508 e. The number of phenols is 1. The molecule has 4 rings (SSSR count). The highest BCUT2D eigenvalue weighted by atomic mass is 35.5. The molecule has 6 heteroatoms. The van der Waals surface area contributed by atoms with Crippen LogP contribution in [0, 0.1) is 18.3 Å². The van der Waals surface area contributed by atoms with Crippen LogP contribution in [0.5, 0.6) is 5.75 Å². The molecule has 142 valence electrons. The van der Waals surface area contributed by atoms with Crippen LogP contribution < -0.4 is 5.73 Å². The zero-order valence-electron chi connectivity index (χ0n) is 15.6. The van der Waals surface area contributed by atoms with Crippen molar-refractivity contribution in [1.29, 1.82) is 5.26 Å². The monoisotopic (exact) mass is 400 g/mol. The minimum atomic E-state index is 0.103. The van der Waals surface area contributed by atoms with Gasteiger partial charge in [-0.05, 0) is 60.5 Å². The Kier molecular flexibility index (Phi) is 4.79. The van der Waals surface area contributed by atoms with E-state index in [0.717, 1.165) is 27.6 Å². The second-order valence-electron chi connectivity index (χ2n) is 6.82. The van der Waals surface area contributed by atoms with E-state index in [1.807, 2.05) is 37.3 Å². The molecule has 2 aromatic heterocycles. The number of benzene rings is 2. The van der Waals surface area contributed by atoms with E-state index < -0.39 is 0 Å². The highest BCUT2D eigenvalue weighted by Crippen LogP contribution is 2.37. The van der Waals surface area contributed by atoms with Crippen molar-refractivity contribution in [1.82, 2.24) is 9.97 Å². The summed E-state index contributed by atoms with van der Waals surface area (Å²) in [6.07, 6.45) is 0.103. The van der Waals surface area contributed by atoms with Crippen LogP contribution in [0.25, 0.3) is 33.3 Å². The molecule has 0 aliphatic rings. The molecule has 0 radical (unpaired) electrons. The average Bonchev–Trinajstić information content (AvgIpc) is 2.69. The van der Waals surface area contributed by atoms with E-state index in [1.165, 1.54) is 0 Å². The maximum absolute atomic E-state index is 9.55. The molecule has 0 saturated heterocycles. The molecule has 4 aromatic rings. The summed E-state index contributed by atoms with van der Waals surface area (Å²) in [4.78, 5) is 9.01. The Morgan fingerprint density at radius 3 is 2.52 bits per heavy atom. The fraction of sp³-hybridized carbons (Fsp3) is 0.0870. The van der Waals surface area contributed by atoms with Gasteiger partial charge in [-0.3, -0.25) is 0 Å². The molecule has 2 aromatic carbocycles. The fourth-order valence-electron chi connectivity index (χ4n) is 3.32. The van der Waals surface area contributed by atoms with Crippen molar-refractivity contribution in [2.75, 3.05) is 5.73 Å². The SMILES string of the molecule is Cc1ccc2cc(-c3cc(-c4ccc(O)cc4)nc(N)c3CC#N)c(Cl)nc2c1. The van der Waals surface area contributed by atoms with E-state index in [0.29, 0.717) is 22.0 Å². The molecule has 3 N–H and O–H groups in total. The quantitative estimate of drug-likeness (QED) is 0.456. The molecule has 0 unspecified atom stereocenters. The predicted octanol–water partition coefficient (Wildman–Crippen LogP) is 5.28. The molecule has 0 amide bonds. The number of nitrogen functional groups attached to an aromatic ring is 1.